The zero-order chi connectivity index (χ0) is 49.3. The van der Waals surface area contributed by atoms with E-state index in [0.29, 0.717) is 32.7 Å². The summed E-state index contributed by atoms with van der Waals surface area (Å²) in [4.78, 5) is 0. The molecule has 16 nitrogen and oxygen atoms in total. The van der Waals surface area contributed by atoms with Gasteiger partial charge in [-0.25, -0.2) is 0 Å². The molecular weight excluding hydrogens is 1030 g/mol. The SMILES string of the molecule is BrCc1cc(CBr)cc(CBr)c1.NCCCN.NCCCNCc1cc(CNCCCN)cc(CNCCCN)c1.NCCN.NCCNCc1cc(CNCCN)cc(CNCCN)c1. The summed E-state index contributed by atoms with van der Waals surface area (Å²) in [5.74, 6) is 0. The number of hydrogen-bond acceptors (Lipinski definition) is 16. The third-order valence-electron chi connectivity index (χ3n) is 8.99. The lowest BCUT2D eigenvalue weighted by molar-refractivity contribution is 0.638. The predicted octanol–water partition coefficient (Wildman–Crippen LogP) is 1.40. The first-order valence-electron chi connectivity index (χ1n) is 23.5. The van der Waals surface area contributed by atoms with Crippen molar-refractivity contribution in [3.63, 3.8) is 0 Å². The number of nitrogens with two attached hydrogens (primary N) is 10. The van der Waals surface area contributed by atoms with E-state index in [1.54, 1.807) is 0 Å². The highest BCUT2D eigenvalue weighted by molar-refractivity contribution is 9.09. The van der Waals surface area contributed by atoms with Gasteiger partial charge in [-0.15, -0.1) is 0 Å². The van der Waals surface area contributed by atoms with Crippen molar-refractivity contribution in [2.75, 3.05) is 105 Å². The van der Waals surface area contributed by atoms with E-state index in [0.717, 1.165) is 153 Å². The van der Waals surface area contributed by atoms with Gasteiger partial charge in [-0.2, -0.15) is 0 Å². The van der Waals surface area contributed by atoms with E-state index in [1.807, 2.05) is 0 Å². The number of halogens is 3. The van der Waals surface area contributed by atoms with Crippen LogP contribution in [-0.2, 0) is 55.3 Å². The molecule has 19 heteroatoms. The van der Waals surface area contributed by atoms with Crippen LogP contribution in [0.15, 0.2) is 54.6 Å². The van der Waals surface area contributed by atoms with Crippen molar-refractivity contribution >= 4 is 47.8 Å². The molecule has 0 saturated carbocycles. The summed E-state index contributed by atoms with van der Waals surface area (Å²) in [7, 11) is 0. The monoisotopic (exact) mass is 1120 g/mol. The van der Waals surface area contributed by atoms with Gasteiger partial charge in [-0.3, -0.25) is 0 Å². The number of rotatable bonds is 33. The zero-order valence-corrected chi connectivity index (χ0v) is 44.9. The van der Waals surface area contributed by atoms with E-state index in [1.165, 1.54) is 50.1 Å². The molecule has 3 aromatic carbocycles. The number of alkyl halides is 3. The molecule has 3 aromatic rings. The van der Waals surface area contributed by atoms with E-state index in [-0.39, 0.29) is 0 Å². The minimum absolute atomic E-state index is 0.597. The lowest BCUT2D eigenvalue weighted by atomic mass is 10.0. The molecule has 0 bridgehead atoms. The Morgan fingerprint density at radius 3 is 0.591 bits per heavy atom. The summed E-state index contributed by atoms with van der Waals surface area (Å²) in [5.41, 5.74) is 64.9. The molecule has 66 heavy (non-hydrogen) atoms. The zero-order valence-electron chi connectivity index (χ0n) is 40.1. The molecule has 0 aliphatic carbocycles. The van der Waals surface area contributed by atoms with Crippen LogP contribution in [0, 0.1) is 0 Å². The van der Waals surface area contributed by atoms with E-state index >= 15 is 0 Å². The van der Waals surface area contributed by atoms with Gasteiger partial charge < -0.3 is 89.2 Å². The maximum Gasteiger partial charge on any atom is 0.0283 e. The largest absolute Gasteiger partial charge is 0.330 e. The van der Waals surface area contributed by atoms with E-state index < -0.39 is 0 Å². The standard InChI is InChI=1S/C18H36N6.C15H30N6.C9H9Br3.C3H10N2.C2H8N2/c19-4-1-7-22-13-16-10-17(14-23-8-2-5-20)12-18(11-16)15-24-9-3-6-21;16-1-4-19-10-13-7-14(11-20-5-2-17)9-15(8-13)12-21-6-3-18;10-4-7-1-8(5-11)3-9(2-7)6-12;4-2-1-3-5;3-1-2-4/h10-12,22-24H,1-9,13-15,19-21H2;7-9,19-21H,1-6,10-12,16-18H2;1-3H,4-6H2;1-5H2;1-4H2. The molecule has 0 amide bonds. The summed E-state index contributed by atoms with van der Waals surface area (Å²) in [5, 5.41) is 23.1. The minimum Gasteiger partial charge on any atom is -0.330 e. The second kappa shape index (κ2) is 51.3. The fraction of sp³-hybridized carbons (Fsp3) is 0.617. The van der Waals surface area contributed by atoms with Crippen LogP contribution >= 0.6 is 47.8 Å². The Morgan fingerprint density at radius 1 is 0.242 bits per heavy atom. The van der Waals surface area contributed by atoms with Gasteiger partial charge in [0.1, 0.15) is 0 Å². The third kappa shape index (κ3) is 40.4. The second-order valence-electron chi connectivity index (χ2n) is 15.2. The van der Waals surface area contributed by atoms with E-state index in [4.69, 9.17) is 57.3 Å². The fourth-order valence-electron chi connectivity index (χ4n) is 5.86. The third-order valence-corrected chi connectivity index (χ3v) is 10.9. The van der Waals surface area contributed by atoms with Gasteiger partial charge in [0.15, 0.2) is 0 Å². The predicted molar refractivity (Wildman–Crippen MR) is 296 cm³/mol. The molecule has 0 unspecified atom stereocenters. The summed E-state index contributed by atoms with van der Waals surface area (Å²) in [6.45, 7) is 17.3. The van der Waals surface area contributed by atoms with Gasteiger partial charge in [0.25, 0.3) is 0 Å². The molecule has 0 aromatic heterocycles. The van der Waals surface area contributed by atoms with Crippen LogP contribution in [0.1, 0.15) is 75.8 Å². The molecule has 0 saturated heterocycles. The second-order valence-corrected chi connectivity index (χ2v) is 16.9. The maximum atomic E-state index is 5.54. The summed E-state index contributed by atoms with van der Waals surface area (Å²) in [6, 6.07) is 20.1. The average molecular weight is 1120 g/mol. The first kappa shape index (κ1) is 66.5. The molecule has 0 spiro atoms. The quantitative estimate of drug-likeness (QED) is 0.0303. The average Bonchev–Trinajstić information content (AvgIpc) is 3.34. The highest BCUT2D eigenvalue weighted by Gasteiger charge is 2.04. The van der Waals surface area contributed by atoms with Crippen LogP contribution < -0.4 is 89.2 Å². The van der Waals surface area contributed by atoms with Gasteiger partial charge in [-0.1, -0.05) is 102 Å². The van der Waals surface area contributed by atoms with E-state index in [2.05, 4.69) is 134 Å². The topological polar surface area (TPSA) is 332 Å². The Hall–Kier alpha value is -1.54. The summed E-state index contributed by atoms with van der Waals surface area (Å²) < 4.78 is 0. The van der Waals surface area contributed by atoms with Gasteiger partial charge in [-0.05, 0) is 128 Å². The van der Waals surface area contributed by atoms with Crippen LogP contribution in [0.2, 0.25) is 0 Å². The van der Waals surface area contributed by atoms with Crippen molar-refractivity contribution in [2.24, 2.45) is 57.3 Å². The normalized spacial score (nSPS) is 10.5. The van der Waals surface area contributed by atoms with Crippen molar-refractivity contribution in [3.05, 3.63) is 105 Å². The van der Waals surface area contributed by atoms with Gasteiger partial charge >= 0.3 is 0 Å². The highest BCUT2D eigenvalue weighted by Crippen LogP contribution is 2.17. The lowest BCUT2D eigenvalue weighted by Crippen LogP contribution is -2.24. The van der Waals surface area contributed by atoms with Crippen LogP contribution in [0.25, 0.3) is 0 Å². The molecule has 3 rings (SSSR count). The van der Waals surface area contributed by atoms with Crippen molar-refractivity contribution in [1.29, 1.82) is 0 Å². The number of nitrogens with one attached hydrogen (secondary N) is 6. The van der Waals surface area contributed by atoms with Gasteiger partial charge in [0.2, 0.25) is 0 Å². The van der Waals surface area contributed by atoms with Crippen molar-refractivity contribution in [2.45, 2.75) is 80.9 Å². The van der Waals surface area contributed by atoms with E-state index in [9.17, 15) is 0 Å². The lowest BCUT2D eigenvalue weighted by Gasteiger charge is -2.12. The van der Waals surface area contributed by atoms with Crippen molar-refractivity contribution in [3.8, 4) is 0 Å². The smallest absolute Gasteiger partial charge is 0.0283 e. The Labute approximate surface area is 424 Å². The fourth-order valence-corrected chi connectivity index (χ4v) is 6.83. The van der Waals surface area contributed by atoms with Crippen molar-refractivity contribution < 1.29 is 0 Å². The molecule has 0 radical (unpaired) electrons. The maximum absolute atomic E-state index is 5.54. The van der Waals surface area contributed by atoms with Gasteiger partial charge in [0.05, 0.1) is 0 Å². The number of hydrogen-bond donors (Lipinski definition) is 16. The molecule has 0 aliphatic heterocycles. The Kier molecular flexibility index (Phi) is 51.7. The first-order valence-corrected chi connectivity index (χ1v) is 26.9. The van der Waals surface area contributed by atoms with Crippen LogP contribution in [-0.4, -0.2) is 105 Å². The molecule has 382 valence electrons. The Morgan fingerprint density at radius 2 is 0.439 bits per heavy atom. The molecule has 0 atom stereocenters. The molecular formula is C47H93Br3N16. The van der Waals surface area contributed by atoms with Crippen molar-refractivity contribution in [1.82, 2.24) is 31.9 Å². The molecule has 0 heterocycles. The summed E-state index contributed by atoms with van der Waals surface area (Å²) >= 11 is 10.4. The number of benzene rings is 3. The Balaban J connectivity index is 0. The first-order chi connectivity index (χ1) is 32.2. The molecule has 26 N–H and O–H groups in total. The summed E-state index contributed by atoms with van der Waals surface area (Å²) in [6.07, 6.45) is 3.97. The molecule has 0 fully saturated rings. The van der Waals surface area contributed by atoms with Crippen LogP contribution in [0.4, 0.5) is 0 Å². The highest BCUT2D eigenvalue weighted by atomic mass is 79.9. The minimum atomic E-state index is 0.597. The molecule has 0 aliphatic rings. The van der Waals surface area contributed by atoms with Gasteiger partial charge in [0, 0.05) is 108 Å². The van der Waals surface area contributed by atoms with Crippen LogP contribution in [0.3, 0.4) is 0 Å². The van der Waals surface area contributed by atoms with Crippen LogP contribution in [0.5, 0.6) is 0 Å². The Bertz CT molecular complexity index is 1290.